The molecule has 0 atom stereocenters. The highest BCUT2D eigenvalue weighted by Crippen LogP contribution is 2.18. The number of sulfonamides is 1. The summed E-state index contributed by atoms with van der Waals surface area (Å²) in [6.07, 6.45) is 0.385. The van der Waals surface area contributed by atoms with Crippen LogP contribution in [0.25, 0.3) is 0 Å². The van der Waals surface area contributed by atoms with E-state index in [0.717, 1.165) is 11.4 Å². The van der Waals surface area contributed by atoms with Gasteiger partial charge in [0.2, 0.25) is 15.9 Å². The lowest BCUT2D eigenvalue weighted by atomic mass is 10.2. The highest BCUT2D eigenvalue weighted by molar-refractivity contribution is 7.99. The van der Waals surface area contributed by atoms with Gasteiger partial charge in [-0.15, -0.1) is 11.8 Å². The molecule has 1 heterocycles. The number of nitrogens with zero attached hydrogens (tertiary/aromatic N) is 2. The Morgan fingerprint density at radius 3 is 2.35 bits per heavy atom. The zero-order valence-electron chi connectivity index (χ0n) is 17.4. The first-order valence-corrected chi connectivity index (χ1v) is 13.1. The van der Waals surface area contributed by atoms with E-state index in [9.17, 15) is 17.6 Å². The van der Waals surface area contributed by atoms with Gasteiger partial charge in [-0.25, -0.2) is 12.8 Å². The zero-order chi connectivity index (χ0) is 22.1. The van der Waals surface area contributed by atoms with Crippen molar-refractivity contribution < 1.29 is 17.6 Å². The maximum Gasteiger partial charge on any atom is 0.230 e. The van der Waals surface area contributed by atoms with Crippen molar-refractivity contribution in [3.63, 3.8) is 0 Å². The Kier molecular flexibility index (Phi) is 8.74. The quantitative estimate of drug-likeness (QED) is 0.547. The SMILES string of the molecule is O=C(CSCc1ccccc1)NCCCS(=O)(=O)N1CCN(c2ccc(F)cc2)CC1. The molecule has 1 fully saturated rings. The molecule has 1 amide bonds. The van der Waals surface area contributed by atoms with Crippen LogP contribution in [0.15, 0.2) is 54.6 Å². The molecule has 1 saturated heterocycles. The summed E-state index contributed by atoms with van der Waals surface area (Å²) >= 11 is 1.54. The number of halogens is 1. The van der Waals surface area contributed by atoms with Crippen LogP contribution in [-0.2, 0) is 20.6 Å². The summed E-state index contributed by atoms with van der Waals surface area (Å²) in [5.74, 6) is 0.777. The Hall–Kier alpha value is -2.10. The van der Waals surface area contributed by atoms with Crippen molar-refractivity contribution in [2.75, 3.05) is 49.1 Å². The molecule has 0 radical (unpaired) electrons. The molecule has 0 unspecified atom stereocenters. The second-order valence-corrected chi connectivity index (χ2v) is 10.4. The molecule has 1 N–H and O–H groups in total. The average molecular weight is 466 g/mol. The Morgan fingerprint density at radius 2 is 1.68 bits per heavy atom. The molecule has 9 heteroatoms. The van der Waals surface area contributed by atoms with Gasteiger partial charge in [-0.05, 0) is 36.2 Å². The van der Waals surface area contributed by atoms with Crippen molar-refractivity contribution in [2.45, 2.75) is 12.2 Å². The minimum Gasteiger partial charge on any atom is -0.369 e. The topological polar surface area (TPSA) is 69.7 Å². The molecular formula is C22H28FN3O3S2. The van der Waals surface area contributed by atoms with E-state index < -0.39 is 10.0 Å². The highest BCUT2D eigenvalue weighted by Gasteiger charge is 2.26. The molecule has 6 nitrogen and oxygen atoms in total. The number of rotatable bonds is 10. The van der Waals surface area contributed by atoms with Gasteiger partial charge in [0, 0.05) is 44.2 Å². The molecule has 31 heavy (non-hydrogen) atoms. The molecule has 0 saturated carbocycles. The fraction of sp³-hybridized carbons (Fsp3) is 0.409. The van der Waals surface area contributed by atoms with E-state index in [0.29, 0.717) is 44.9 Å². The van der Waals surface area contributed by atoms with Gasteiger partial charge in [0.1, 0.15) is 5.82 Å². The van der Waals surface area contributed by atoms with Gasteiger partial charge >= 0.3 is 0 Å². The first-order chi connectivity index (χ1) is 14.9. The van der Waals surface area contributed by atoms with Crippen LogP contribution in [0.1, 0.15) is 12.0 Å². The standard InChI is InChI=1S/C22H28FN3O3S2/c23-20-7-9-21(10-8-20)25-12-14-26(15-13-25)31(28,29)16-4-11-24-22(27)18-30-17-19-5-2-1-3-6-19/h1-3,5-10H,4,11-18H2,(H,24,27). The van der Waals surface area contributed by atoms with Crippen LogP contribution in [0.2, 0.25) is 0 Å². The largest absolute Gasteiger partial charge is 0.369 e. The van der Waals surface area contributed by atoms with Crippen molar-refractivity contribution in [3.05, 3.63) is 66.0 Å². The van der Waals surface area contributed by atoms with E-state index >= 15 is 0 Å². The fourth-order valence-electron chi connectivity index (χ4n) is 3.37. The molecule has 2 aromatic carbocycles. The van der Waals surface area contributed by atoms with Crippen LogP contribution < -0.4 is 10.2 Å². The summed E-state index contributed by atoms with van der Waals surface area (Å²) in [4.78, 5) is 14.0. The molecule has 0 spiro atoms. The summed E-state index contributed by atoms with van der Waals surface area (Å²) in [5.41, 5.74) is 2.07. The molecule has 1 aliphatic rings. The molecule has 0 aromatic heterocycles. The third-order valence-electron chi connectivity index (χ3n) is 5.07. The Balaban J connectivity index is 1.32. The molecule has 168 valence electrons. The molecular weight excluding hydrogens is 437 g/mol. The van der Waals surface area contributed by atoms with Gasteiger partial charge in [-0.1, -0.05) is 30.3 Å². The summed E-state index contributed by atoms with van der Waals surface area (Å²) < 4.78 is 39.7. The van der Waals surface area contributed by atoms with E-state index in [-0.39, 0.29) is 17.5 Å². The van der Waals surface area contributed by atoms with E-state index in [1.807, 2.05) is 30.3 Å². The van der Waals surface area contributed by atoms with Crippen LogP contribution in [0, 0.1) is 5.82 Å². The first kappa shape index (κ1) is 23.6. The molecule has 0 bridgehead atoms. The van der Waals surface area contributed by atoms with Gasteiger partial charge in [0.05, 0.1) is 11.5 Å². The lowest BCUT2D eigenvalue weighted by Gasteiger charge is -2.35. The summed E-state index contributed by atoms with van der Waals surface area (Å²) in [6.45, 7) is 2.30. The Bertz CT molecular complexity index is 932. The number of carbonyl (C=O) groups excluding carboxylic acids is 1. The number of hydrogen-bond donors (Lipinski definition) is 1. The average Bonchev–Trinajstić information content (AvgIpc) is 2.78. The number of piperazine rings is 1. The predicted octanol–water partition coefficient (Wildman–Crippen LogP) is 2.72. The minimum atomic E-state index is -3.36. The monoisotopic (exact) mass is 465 g/mol. The second-order valence-electron chi connectivity index (χ2n) is 7.36. The van der Waals surface area contributed by atoms with Crippen molar-refractivity contribution in [1.29, 1.82) is 0 Å². The minimum absolute atomic E-state index is 0.0149. The van der Waals surface area contributed by atoms with Crippen molar-refractivity contribution >= 4 is 33.4 Å². The predicted molar refractivity (Wildman–Crippen MR) is 124 cm³/mol. The lowest BCUT2D eigenvalue weighted by molar-refractivity contribution is -0.118. The number of amides is 1. The summed E-state index contributed by atoms with van der Waals surface area (Å²) in [5, 5.41) is 2.80. The Labute approximate surface area is 187 Å². The van der Waals surface area contributed by atoms with Crippen LogP contribution in [0.3, 0.4) is 0 Å². The third kappa shape index (κ3) is 7.52. The van der Waals surface area contributed by atoms with Crippen molar-refractivity contribution in [3.8, 4) is 0 Å². The van der Waals surface area contributed by atoms with Crippen LogP contribution in [0.5, 0.6) is 0 Å². The molecule has 0 aliphatic carbocycles. The van der Waals surface area contributed by atoms with Crippen LogP contribution in [0.4, 0.5) is 10.1 Å². The van der Waals surface area contributed by atoms with Crippen molar-refractivity contribution in [1.82, 2.24) is 9.62 Å². The highest BCUT2D eigenvalue weighted by atomic mass is 32.2. The number of thioether (sulfide) groups is 1. The van der Waals surface area contributed by atoms with Gasteiger partial charge in [0.25, 0.3) is 0 Å². The normalized spacial score (nSPS) is 15.1. The molecule has 1 aliphatic heterocycles. The van der Waals surface area contributed by atoms with Gasteiger partial charge in [-0.2, -0.15) is 4.31 Å². The van der Waals surface area contributed by atoms with E-state index in [1.54, 1.807) is 12.1 Å². The molecule has 2 aromatic rings. The van der Waals surface area contributed by atoms with Crippen molar-refractivity contribution in [2.24, 2.45) is 0 Å². The van der Waals surface area contributed by atoms with Gasteiger partial charge < -0.3 is 10.2 Å². The lowest BCUT2D eigenvalue weighted by Crippen LogP contribution is -2.49. The van der Waals surface area contributed by atoms with E-state index in [2.05, 4.69) is 10.2 Å². The molecule has 3 rings (SSSR count). The first-order valence-electron chi connectivity index (χ1n) is 10.3. The van der Waals surface area contributed by atoms with Crippen LogP contribution >= 0.6 is 11.8 Å². The summed E-state index contributed by atoms with van der Waals surface area (Å²) in [7, 11) is -3.36. The summed E-state index contributed by atoms with van der Waals surface area (Å²) in [6, 6.07) is 16.2. The zero-order valence-corrected chi connectivity index (χ0v) is 19.0. The Morgan fingerprint density at radius 1 is 1.00 bits per heavy atom. The number of nitrogens with one attached hydrogen (secondary N) is 1. The third-order valence-corrected chi connectivity index (χ3v) is 8.03. The smallest absolute Gasteiger partial charge is 0.230 e. The number of anilines is 1. The number of benzene rings is 2. The van der Waals surface area contributed by atoms with E-state index in [4.69, 9.17) is 0 Å². The van der Waals surface area contributed by atoms with E-state index in [1.165, 1.54) is 33.8 Å². The second kappa shape index (κ2) is 11.5. The van der Waals surface area contributed by atoms with Gasteiger partial charge in [0.15, 0.2) is 0 Å². The van der Waals surface area contributed by atoms with Crippen LogP contribution in [-0.4, -0.2) is 62.9 Å². The maximum atomic E-state index is 13.1. The number of hydrogen-bond acceptors (Lipinski definition) is 5. The van der Waals surface area contributed by atoms with Gasteiger partial charge in [-0.3, -0.25) is 4.79 Å². The maximum absolute atomic E-state index is 13.1. The fourth-order valence-corrected chi connectivity index (χ4v) is 5.68. The number of carbonyl (C=O) groups is 1.